The van der Waals surface area contributed by atoms with Crippen molar-refractivity contribution in [3.05, 3.63) is 99.8 Å². The highest BCUT2D eigenvalue weighted by molar-refractivity contribution is 6.12. The first-order valence-corrected chi connectivity index (χ1v) is 11.2. The van der Waals surface area contributed by atoms with Crippen LogP contribution in [0, 0.1) is 6.92 Å². The summed E-state index contributed by atoms with van der Waals surface area (Å²) in [5, 5.41) is 7.10. The van der Waals surface area contributed by atoms with E-state index in [4.69, 9.17) is 4.74 Å². The number of hydrogen-bond donors (Lipinski definition) is 1. The van der Waals surface area contributed by atoms with E-state index in [0.717, 1.165) is 33.2 Å². The zero-order valence-electron chi connectivity index (χ0n) is 19.3. The quantitative estimate of drug-likeness (QED) is 0.463. The van der Waals surface area contributed by atoms with Gasteiger partial charge in [-0.2, -0.15) is 5.10 Å². The molecule has 0 saturated carbocycles. The number of H-pyrrole nitrogens is 1. The molecule has 1 N–H and O–H groups in total. The number of ether oxygens (including phenoxy) is 1. The number of hydrazone groups is 1. The molecule has 170 valence electrons. The SMILES string of the molecule is COc1cccc(C2CC(c3c(-c4ccccc4)c4cc(C)ccc4[nH]c3=O)=NN2C(C)=O)c1. The number of carbonyl (C=O) groups is 1. The predicted molar refractivity (Wildman–Crippen MR) is 134 cm³/mol. The normalized spacial score (nSPS) is 15.4. The number of methoxy groups -OCH3 is 1. The van der Waals surface area contributed by atoms with Gasteiger partial charge < -0.3 is 9.72 Å². The van der Waals surface area contributed by atoms with Crippen LogP contribution in [0.1, 0.15) is 36.1 Å². The van der Waals surface area contributed by atoms with E-state index < -0.39 is 0 Å². The molecule has 0 fully saturated rings. The van der Waals surface area contributed by atoms with Crippen LogP contribution in [0.3, 0.4) is 0 Å². The maximum Gasteiger partial charge on any atom is 0.258 e. The van der Waals surface area contributed by atoms with Crippen molar-refractivity contribution in [3.63, 3.8) is 0 Å². The van der Waals surface area contributed by atoms with Crippen LogP contribution in [0.4, 0.5) is 0 Å². The number of carbonyl (C=O) groups excluding carboxylic acids is 1. The Morgan fingerprint density at radius 3 is 2.56 bits per heavy atom. The predicted octanol–water partition coefficient (Wildman–Crippen LogP) is 5.21. The highest BCUT2D eigenvalue weighted by Gasteiger charge is 2.34. The number of aromatic nitrogens is 1. The van der Waals surface area contributed by atoms with Crippen molar-refractivity contribution in [3.8, 4) is 16.9 Å². The number of benzene rings is 3. The fourth-order valence-electron chi connectivity index (χ4n) is 4.65. The minimum atomic E-state index is -0.321. The van der Waals surface area contributed by atoms with Crippen LogP contribution in [0.5, 0.6) is 5.75 Å². The molecule has 2 heterocycles. The molecule has 1 aromatic heterocycles. The van der Waals surface area contributed by atoms with Crippen molar-refractivity contribution in [2.24, 2.45) is 5.10 Å². The van der Waals surface area contributed by atoms with Gasteiger partial charge in [-0.3, -0.25) is 9.59 Å². The molecule has 34 heavy (non-hydrogen) atoms. The molecule has 0 spiro atoms. The second kappa shape index (κ2) is 8.63. The maximum atomic E-state index is 13.5. The summed E-state index contributed by atoms with van der Waals surface area (Å²) in [7, 11) is 1.61. The van der Waals surface area contributed by atoms with Crippen LogP contribution < -0.4 is 10.3 Å². The molecule has 6 nitrogen and oxygen atoms in total. The second-order valence-corrected chi connectivity index (χ2v) is 8.53. The molecule has 0 aliphatic carbocycles. The highest BCUT2D eigenvalue weighted by Crippen LogP contribution is 2.37. The van der Waals surface area contributed by atoms with Crippen molar-refractivity contribution < 1.29 is 9.53 Å². The van der Waals surface area contributed by atoms with E-state index in [1.165, 1.54) is 11.9 Å². The maximum absolute atomic E-state index is 13.5. The molecule has 1 atom stereocenters. The lowest BCUT2D eigenvalue weighted by Crippen LogP contribution is -2.24. The average molecular weight is 452 g/mol. The smallest absolute Gasteiger partial charge is 0.258 e. The Kier molecular flexibility index (Phi) is 5.49. The molecule has 3 aromatic carbocycles. The van der Waals surface area contributed by atoms with Crippen LogP contribution in [0.2, 0.25) is 0 Å². The van der Waals surface area contributed by atoms with Crippen molar-refractivity contribution in [2.75, 3.05) is 7.11 Å². The summed E-state index contributed by atoms with van der Waals surface area (Å²) in [5.74, 6) is 0.524. The largest absolute Gasteiger partial charge is 0.497 e. The third-order valence-electron chi connectivity index (χ3n) is 6.23. The van der Waals surface area contributed by atoms with Gasteiger partial charge in [0.15, 0.2) is 0 Å². The molecular formula is C28H25N3O3. The van der Waals surface area contributed by atoms with E-state index in [0.29, 0.717) is 23.4 Å². The van der Waals surface area contributed by atoms with Crippen LogP contribution in [-0.4, -0.2) is 28.7 Å². The van der Waals surface area contributed by atoms with Gasteiger partial charge in [-0.1, -0.05) is 54.1 Å². The summed E-state index contributed by atoms with van der Waals surface area (Å²) in [6, 6.07) is 23.2. The third-order valence-corrected chi connectivity index (χ3v) is 6.23. The summed E-state index contributed by atoms with van der Waals surface area (Å²) in [6.45, 7) is 3.52. The molecular weight excluding hydrogens is 426 g/mol. The zero-order valence-corrected chi connectivity index (χ0v) is 19.3. The highest BCUT2D eigenvalue weighted by atomic mass is 16.5. The van der Waals surface area contributed by atoms with Crippen LogP contribution in [-0.2, 0) is 4.79 Å². The summed E-state index contributed by atoms with van der Waals surface area (Å²) in [5.41, 5.74) is 5.40. The van der Waals surface area contributed by atoms with Crippen LogP contribution in [0.15, 0.2) is 82.7 Å². The van der Waals surface area contributed by atoms with E-state index in [1.54, 1.807) is 7.11 Å². The van der Waals surface area contributed by atoms with Gasteiger partial charge in [0.25, 0.3) is 5.56 Å². The first-order valence-electron chi connectivity index (χ1n) is 11.2. The van der Waals surface area contributed by atoms with Gasteiger partial charge in [-0.15, -0.1) is 0 Å². The Hall–Kier alpha value is -4.19. The van der Waals surface area contributed by atoms with Gasteiger partial charge in [0.1, 0.15) is 5.75 Å². The number of pyridine rings is 1. The van der Waals surface area contributed by atoms with E-state index in [-0.39, 0.29) is 17.5 Å². The molecule has 0 saturated heterocycles. The topological polar surface area (TPSA) is 74.8 Å². The van der Waals surface area contributed by atoms with Crippen molar-refractivity contribution >= 4 is 22.5 Å². The number of nitrogens with one attached hydrogen (secondary N) is 1. The first kappa shape index (κ1) is 21.6. The molecule has 1 amide bonds. The zero-order chi connectivity index (χ0) is 23.8. The standard InChI is InChI=1S/C28H25N3O3/c1-17-12-13-23-22(14-17)26(19-8-5-4-6-9-19)27(28(33)29-23)24-16-25(31(30-24)18(2)32)20-10-7-11-21(15-20)34-3/h4-15,25H,16H2,1-3H3,(H,29,33). The summed E-state index contributed by atoms with van der Waals surface area (Å²) in [6.07, 6.45) is 0.424. The van der Waals surface area contributed by atoms with E-state index in [1.807, 2.05) is 73.7 Å². The van der Waals surface area contributed by atoms with Crippen LogP contribution >= 0.6 is 0 Å². The van der Waals surface area contributed by atoms with Gasteiger partial charge in [0.05, 0.1) is 24.4 Å². The van der Waals surface area contributed by atoms with Gasteiger partial charge in [0.2, 0.25) is 5.91 Å². The molecule has 1 aliphatic rings. The summed E-state index contributed by atoms with van der Waals surface area (Å²) < 4.78 is 5.38. The number of aromatic amines is 1. The van der Waals surface area contributed by atoms with Gasteiger partial charge in [-0.05, 0) is 42.3 Å². The van der Waals surface area contributed by atoms with Gasteiger partial charge in [0, 0.05) is 29.8 Å². The lowest BCUT2D eigenvalue weighted by atomic mass is 9.90. The number of aryl methyl sites for hydroxylation is 1. The molecule has 1 aliphatic heterocycles. The molecule has 0 radical (unpaired) electrons. The minimum Gasteiger partial charge on any atom is -0.497 e. The van der Waals surface area contributed by atoms with Crippen molar-refractivity contribution in [1.29, 1.82) is 0 Å². The molecule has 0 bridgehead atoms. The monoisotopic (exact) mass is 451 g/mol. The van der Waals surface area contributed by atoms with Crippen molar-refractivity contribution in [2.45, 2.75) is 26.3 Å². The Morgan fingerprint density at radius 2 is 1.82 bits per heavy atom. The number of rotatable bonds is 4. The molecule has 1 unspecified atom stereocenters. The minimum absolute atomic E-state index is 0.183. The van der Waals surface area contributed by atoms with E-state index in [9.17, 15) is 9.59 Å². The molecule has 4 aromatic rings. The summed E-state index contributed by atoms with van der Waals surface area (Å²) in [4.78, 5) is 29.0. The second-order valence-electron chi connectivity index (χ2n) is 8.53. The Morgan fingerprint density at radius 1 is 1.03 bits per heavy atom. The lowest BCUT2D eigenvalue weighted by Gasteiger charge is -2.20. The molecule has 6 heteroatoms. The first-order chi connectivity index (χ1) is 16.5. The van der Waals surface area contributed by atoms with Gasteiger partial charge in [-0.25, -0.2) is 5.01 Å². The Balaban J connectivity index is 1.73. The Bertz CT molecular complexity index is 1490. The van der Waals surface area contributed by atoms with Crippen molar-refractivity contribution in [1.82, 2.24) is 9.99 Å². The fourth-order valence-corrected chi connectivity index (χ4v) is 4.65. The lowest BCUT2D eigenvalue weighted by molar-refractivity contribution is -0.130. The summed E-state index contributed by atoms with van der Waals surface area (Å²) >= 11 is 0. The fraction of sp³-hybridized carbons (Fsp3) is 0.179. The molecule has 5 rings (SSSR count). The number of fused-ring (bicyclic) bond motifs is 1. The Labute approximate surface area is 197 Å². The number of hydrogen-bond acceptors (Lipinski definition) is 4. The average Bonchev–Trinajstić information content (AvgIpc) is 3.29. The number of nitrogens with zero attached hydrogens (tertiary/aromatic N) is 2. The number of amides is 1. The van der Waals surface area contributed by atoms with E-state index >= 15 is 0 Å². The van der Waals surface area contributed by atoms with E-state index in [2.05, 4.69) is 16.2 Å². The van der Waals surface area contributed by atoms with Crippen LogP contribution in [0.25, 0.3) is 22.0 Å². The van der Waals surface area contributed by atoms with Gasteiger partial charge >= 0.3 is 0 Å². The third kappa shape index (κ3) is 3.77.